The largest absolute Gasteiger partial charge is 0.304 e. The summed E-state index contributed by atoms with van der Waals surface area (Å²) in [5.74, 6) is -0.156. The Hall–Kier alpha value is -2.68. The summed E-state index contributed by atoms with van der Waals surface area (Å²) in [5.41, 5.74) is 3.64. The van der Waals surface area contributed by atoms with E-state index in [2.05, 4.69) is 31.7 Å². The zero-order valence-corrected chi connectivity index (χ0v) is 15.8. The summed E-state index contributed by atoms with van der Waals surface area (Å²) in [5, 5.41) is 9.94. The summed E-state index contributed by atoms with van der Waals surface area (Å²) in [6.45, 7) is 0.867. The highest BCUT2D eigenvalue weighted by Crippen LogP contribution is 2.33. The lowest BCUT2D eigenvalue weighted by atomic mass is 9.89. The van der Waals surface area contributed by atoms with E-state index in [1.807, 2.05) is 29.6 Å². The van der Waals surface area contributed by atoms with E-state index in [1.54, 1.807) is 23.7 Å². The molecule has 6 nitrogen and oxygen atoms in total. The minimum Gasteiger partial charge on any atom is -0.304 e. The predicted molar refractivity (Wildman–Crippen MR) is 107 cm³/mol. The quantitative estimate of drug-likeness (QED) is 0.556. The molecule has 1 unspecified atom stereocenters. The number of hydrogen-bond acceptors (Lipinski definition) is 7. The third-order valence-corrected chi connectivity index (χ3v) is 6.29. The highest BCUT2D eigenvalue weighted by Gasteiger charge is 2.28. The van der Waals surface area contributed by atoms with Crippen molar-refractivity contribution in [3.63, 3.8) is 0 Å². The van der Waals surface area contributed by atoms with Crippen LogP contribution in [0.15, 0.2) is 48.1 Å². The molecule has 3 aromatic heterocycles. The third-order valence-electron chi connectivity index (χ3n) is 4.56. The summed E-state index contributed by atoms with van der Waals surface area (Å²) in [6.07, 6.45) is 4.42. The summed E-state index contributed by atoms with van der Waals surface area (Å²) in [7, 11) is 0. The molecule has 4 aromatic rings. The molecule has 4 heterocycles. The van der Waals surface area contributed by atoms with Gasteiger partial charge < -0.3 is 5.32 Å². The number of aromatic nitrogens is 3. The van der Waals surface area contributed by atoms with E-state index in [-0.39, 0.29) is 11.9 Å². The maximum absolute atomic E-state index is 13.1. The van der Waals surface area contributed by atoms with Gasteiger partial charge in [-0.1, -0.05) is 23.5 Å². The SMILES string of the molecule is O=C(Nc1nc2cccnc2s1)c1cccc2c1C(c1nccs1)NCC2. The summed E-state index contributed by atoms with van der Waals surface area (Å²) < 4.78 is 0. The molecular formula is C19H15N5OS2. The summed E-state index contributed by atoms with van der Waals surface area (Å²) >= 11 is 2.97. The van der Waals surface area contributed by atoms with Crippen molar-refractivity contribution in [2.24, 2.45) is 0 Å². The van der Waals surface area contributed by atoms with Crippen LogP contribution in [0.2, 0.25) is 0 Å². The second kappa shape index (κ2) is 6.80. The predicted octanol–water partition coefficient (Wildman–Crippen LogP) is 3.64. The van der Waals surface area contributed by atoms with E-state index in [4.69, 9.17) is 0 Å². The van der Waals surface area contributed by atoms with Gasteiger partial charge in [0, 0.05) is 29.9 Å². The van der Waals surface area contributed by atoms with Crippen molar-refractivity contribution in [3.8, 4) is 0 Å². The maximum Gasteiger partial charge on any atom is 0.257 e. The zero-order chi connectivity index (χ0) is 18.2. The molecule has 1 aliphatic rings. The number of carbonyl (C=O) groups is 1. The lowest BCUT2D eigenvalue weighted by molar-refractivity contribution is 0.102. The molecule has 0 saturated carbocycles. The van der Waals surface area contributed by atoms with Crippen LogP contribution in [-0.2, 0) is 6.42 Å². The van der Waals surface area contributed by atoms with E-state index >= 15 is 0 Å². The van der Waals surface area contributed by atoms with Gasteiger partial charge in [-0.2, -0.15) is 0 Å². The Morgan fingerprint density at radius 2 is 2.15 bits per heavy atom. The Bertz CT molecular complexity index is 1090. The molecule has 0 radical (unpaired) electrons. The Balaban J connectivity index is 1.52. The smallest absolute Gasteiger partial charge is 0.257 e. The van der Waals surface area contributed by atoms with Gasteiger partial charge in [-0.25, -0.2) is 15.0 Å². The second-order valence-corrected chi connectivity index (χ2v) is 8.09. The van der Waals surface area contributed by atoms with Crippen molar-refractivity contribution in [3.05, 3.63) is 69.8 Å². The first-order valence-electron chi connectivity index (χ1n) is 8.57. The number of carbonyl (C=O) groups excluding carboxylic acids is 1. The average Bonchev–Trinajstić information content (AvgIpc) is 3.36. The minimum absolute atomic E-state index is 0.0623. The topological polar surface area (TPSA) is 79.8 Å². The van der Waals surface area contributed by atoms with Gasteiger partial charge in [0.25, 0.3) is 5.91 Å². The number of benzene rings is 1. The molecule has 0 spiro atoms. The number of nitrogens with one attached hydrogen (secondary N) is 2. The number of fused-ring (bicyclic) bond motifs is 2. The highest BCUT2D eigenvalue weighted by atomic mass is 32.1. The minimum atomic E-state index is -0.156. The van der Waals surface area contributed by atoms with Gasteiger partial charge in [-0.05, 0) is 35.7 Å². The highest BCUT2D eigenvalue weighted by molar-refractivity contribution is 7.22. The molecule has 2 N–H and O–H groups in total. The second-order valence-electron chi connectivity index (χ2n) is 6.19. The van der Waals surface area contributed by atoms with Crippen LogP contribution in [-0.4, -0.2) is 27.4 Å². The van der Waals surface area contributed by atoms with E-state index in [9.17, 15) is 4.79 Å². The van der Waals surface area contributed by atoms with E-state index < -0.39 is 0 Å². The molecule has 5 rings (SSSR count). The van der Waals surface area contributed by atoms with Crippen LogP contribution in [0.1, 0.15) is 32.5 Å². The van der Waals surface area contributed by atoms with Crippen molar-refractivity contribution >= 4 is 44.1 Å². The fraction of sp³-hybridized carbons (Fsp3) is 0.158. The molecule has 0 fully saturated rings. The molecule has 134 valence electrons. The first-order chi connectivity index (χ1) is 13.3. The molecule has 1 atom stereocenters. The Morgan fingerprint density at radius 1 is 1.19 bits per heavy atom. The number of rotatable bonds is 3. The van der Waals surface area contributed by atoms with E-state index in [0.717, 1.165) is 33.9 Å². The van der Waals surface area contributed by atoms with Crippen LogP contribution in [0.5, 0.6) is 0 Å². The van der Waals surface area contributed by atoms with Crippen LogP contribution in [0.3, 0.4) is 0 Å². The van der Waals surface area contributed by atoms with Gasteiger partial charge in [-0.3, -0.25) is 10.1 Å². The number of thiazole rings is 2. The first-order valence-corrected chi connectivity index (χ1v) is 10.3. The Labute approximate surface area is 163 Å². The van der Waals surface area contributed by atoms with Gasteiger partial charge in [0.1, 0.15) is 15.4 Å². The van der Waals surface area contributed by atoms with Crippen molar-refractivity contribution in [1.29, 1.82) is 0 Å². The van der Waals surface area contributed by atoms with Crippen molar-refractivity contribution in [1.82, 2.24) is 20.3 Å². The fourth-order valence-electron chi connectivity index (χ4n) is 3.40. The van der Waals surface area contributed by atoms with E-state index in [1.165, 1.54) is 16.9 Å². The van der Waals surface area contributed by atoms with Crippen LogP contribution in [0.25, 0.3) is 10.3 Å². The molecule has 0 saturated heterocycles. The summed E-state index contributed by atoms with van der Waals surface area (Å²) in [4.78, 5) is 27.1. The van der Waals surface area contributed by atoms with Gasteiger partial charge in [0.2, 0.25) is 0 Å². The normalized spacial score (nSPS) is 16.2. The molecule has 1 amide bonds. The van der Waals surface area contributed by atoms with Crippen LogP contribution >= 0.6 is 22.7 Å². The Morgan fingerprint density at radius 3 is 3.00 bits per heavy atom. The molecule has 8 heteroatoms. The molecule has 0 bridgehead atoms. The monoisotopic (exact) mass is 393 g/mol. The molecular weight excluding hydrogens is 378 g/mol. The van der Waals surface area contributed by atoms with Crippen LogP contribution < -0.4 is 10.6 Å². The van der Waals surface area contributed by atoms with Crippen LogP contribution in [0.4, 0.5) is 5.13 Å². The number of hydrogen-bond donors (Lipinski definition) is 2. The zero-order valence-electron chi connectivity index (χ0n) is 14.2. The number of anilines is 1. The third kappa shape index (κ3) is 3.01. The molecule has 27 heavy (non-hydrogen) atoms. The molecule has 1 aromatic carbocycles. The number of nitrogens with zero attached hydrogens (tertiary/aromatic N) is 3. The van der Waals surface area contributed by atoms with Crippen molar-refractivity contribution in [2.45, 2.75) is 12.5 Å². The first kappa shape index (κ1) is 16.5. The van der Waals surface area contributed by atoms with Gasteiger partial charge in [-0.15, -0.1) is 11.3 Å². The molecule has 1 aliphatic heterocycles. The maximum atomic E-state index is 13.1. The van der Waals surface area contributed by atoms with Gasteiger partial charge in [0.15, 0.2) is 5.13 Å². The van der Waals surface area contributed by atoms with Crippen molar-refractivity contribution < 1.29 is 4.79 Å². The molecule has 0 aliphatic carbocycles. The number of amides is 1. The average molecular weight is 393 g/mol. The van der Waals surface area contributed by atoms with Crippen molar-refractivity contribution in [2.75, 3.05) is 11.9 Å². The standard InChI is InChI=1S/C19H15N5OS2/c25-16(24-19-23-13-5-2-7-21-17(13)27-19)12-4-1-3-11-6-8-20-15(14(11)12)18-22-9-10-26-18/h1-5,7,9-10,15,20H,6,8H2,(H,23,24,25). The number of pyridine rings is 1. The van der Waals surface area contributed by atoms with E-state index in [0.29, 0.717) is 10.7 Å². The Kier molecular flexibility index (Phi) is 4.16. The fourth-order valence-corrected chi connectivity index (χ4v) is 4.92. The van der Waals surface area contributed by atoms with Gasteiger partial charge in [0.05, 0.1) is 6.04 Å². The van der Waals surface area contributed by atoms with Crippen LogP contribution in [0, 0.1) is 0 Å². The van der Waals surface area contributed by atoms with Gasteiger partial charge >= 0.3 is 0 Å². The lowest BCUT2D eigenvalue weighted by Crippen LogP contribution is -2.33. The summed E-state index contributed by atoms with van der Waals surface area (Å²) in [6, 6.07) is 9.57. The lowest BCUT2D eigenvalue weighted by Gasteiger charge is -2.27.